The van der Waals surface area contributed by atoms with E-state index in [0.717, 1.165) is 35.0 Å². The Morgan fingerprint density at radius 3 is 2.69 bits per heavy atom. The zero-order chi connectivity index (χ0) is 18.5. The highest BCUT2D eigenvalue weighted by molar-refractivity contribution is 5.79. The van der Waals surface area contributed by atoms with Crippen LogP contribution < -0.4 is 5.32 Å². The van der Waals surface area contributed by atoms with E-state index in [1.165, 1.54) is 0 Å². The lowest BCUT2D eigenvalue weighted by molar-refractivity contribution is -0.120. The highest BCUT2D eigenvalue weighted by Gasteiger charge is 2.16. The van der Waals surface area contributed by atoms with Crippen molar-refractivity contribution in [2.24, 2.45) is 0 Å². The molecule has 1 N–H and O–H groups in total. The van der Waals surface area contributed by atoms with Crippen LogP contribution in [0.4, 0.5) is 0 Å². The standard InChI is InChI=1S/C19H24N6O/c1-4-24-13-21-22-18(24)10-11-20-19(26)12-17-14(2)23-25(15(17)3)16-8-6-5-7-9-16/h5-9,13H,4,10-12H2,1-3H3,(H,20,26). The molecule has 2 aromatic heterocycles. The summed E-state index contributed by atoms with van der Waals surface area (Å²) in [5.41, 5.74) is 3.85. The number of carbonyl (C=O) groups is 1. The molecule has 26 heavy (non-hydrogen) atoms. The lowest BCUT2D eigenvalue weighted by atomic mass is 10.1. The molecule has 0 saturated heterocycles. The molecule has 1 aromatic carbocycles. The molecule has 1 amide bonds. The van der Waals surface area contributed by atoms with Gasteiger partial charge in [0.15, 0.2) is 0 Å². The largest absolute Gasteiger partial charge is 0.355 e. The van der Waals surface area contributed by atoms with Gasteiger partial charge in [-0.1, -0.05) is 18.2 Å². The van der Waals surface area contributed by atoms with E-state index in [9.17, 15) is 4.79 Å². The summed E-state index contributed by atoms with van der Waals surface area (Å²) in [5.74, 6) is 0.878. The highest BCUT2D eigenvalue weighted by atomic mass is 16.1. The molecular formula is C19H24N6O. The van der Waals surface area contributed by atoms with Gasteiger partial charge in [0.25, 0.3) is 0 Å². The molecular weight excluding hydrogens is 328 g/mol. The molecule has 0 atom stereocenters. The maximum absolute atomic E-state index is 12.4. The van der Waals surface area contributed by atoms with Crippen molar-refractivity contribution in [1.82, 2.24) is 29.9 Å². The maximum atomic E-state index is 12.4. The van der Waals surface area contributed by atoms with Crippen LogP contribution in [-0.2, 0) is 24.2 Å². The Hall–Kier alpha value is -2.96. The van der Waals surface area contributed by atoms with Crippen LogP contribution in [0.3, 0.4) is 0 Å². The molecule has 2 heterocycles. The van der Waals surface area contributed by atoms with Gasteiger partial charge in [-0.05, 0) is 32.9 Å². The average molecular weight is 352 g/mol. The molecule has 0 aliphatic carbocycles. The summed E-state index contributed by atoms with van der Waals surface area (Å²) in [4.78, 5) is 12.4. The number of nitrogens with zero attached hydrogens (tertiary/aromatic N) is 5. The van der Waals surface area contributed by atoms with Gasteiger partial charge >= 0.3 is 0 Å². The quantitative estimate of drug-likeness (QED) is 0.705. The Morgan fingerprint density at radius 1 is 1.19 bits per heavy atom. The minimum absolute atomic E-state index is 0.00799. The first-order valence-electron chi connectivity index (χ1n) is 8.84. The number of carbonyl (C=O) groups excluding carboxylic acids is 1. The third kappa shape index (κ3) is 3.82. The Balaban J connectivity index is 1.62. The van der Waals surface area contributed by atoms with E-state index in [4.69, 9.17) is 0 Å². The number of rotatable bonds is 7. The molecule has 136 valence electrons. The number of aryl methyl sites for hydroxylation is 2. The summed E-state index contributed by atoms with van der Waals surface area (Å²) in [6.45, 7) is 7.36. The van der Waals surface area contributed by atoms with Crippen molar-refractivity contribution < 1.29 is 4.79 Å². The predicted molar refractivity (Wildman–Crippen MR) is 99.2 cm³/mol. The first-order chi connectivity index (χ1) is 12.6. The summed E-state index contributed by atoms with van der Waals surface area (Å²) >= 11 is 0. The van der Waals surface area contributed by atoms with E-state index in [1.54, 1.807) is 6.33 Å². The van der Waals surface area contributed by atoms with E-state index in [2.05, 4.69) is 20.6 Å². The van der Waals surface area contributed by atoms with Crippen molar-refractivity contribution >= 4 is 5.91 Å². The predicted octanol–water partition coefficient (Wildman–Crippen LogP) is 2.00. The number of hydrogen-bond donors (Lipinski definition) is 1. The average Bonchev–Trinajstić information content (AvgIpc) is 3.21. The van der Waals surface area contributed by atoms with Crippen molar-refractivity contribution in [3.05, 3.63) is 59.4 Å². The van der Waals surface area contributed by atoms with Gasteiger partial charge in [0, 0.05) is 30.8 Å². The number of benzene rings is 1. The van der Waals surface area contributed by atoms with Crippen LogP contribution in [0, 0.1) is 13.8 Å². The second-order valence-corrected chi connectivity index (χ2v) is 6.21. The van der Waals surface area contributed by atoms with Crippen LogP contribution in [0.5, 0.6) is 0 Å². The topological polar surface area (TPSA) is 77.6 Å². The minimum atomic E-state index is -0.00799. The van der Waals surface area contributed by atoms with Gasteiger partial charge in [0.1, 0.15) is 12.2 Å². The van der Waals surface area contributed by atoms with Crippen molar-refractivity contribution in [2.45, 2.75) is 40.2 Å². The summed E-state index contributed by atoms with van der Waals surface area (Å²) in [5, 5.41) is 15.5. The lowest BCUT2D eigenvalue weighted by Gasteiger charge is -2.07. The number of nitrogens with one attached hydrogen (secondary N) is 1. The SMILES string of the molecule is CCn1cnnc1CCNC(=O)Cc1c(C)nn(-c2ccccc2)c1C. The Labute approximate surface area is 153 Å². The fourth-order valence-electron chi connectivity index (χ4n) is 3.02. The normalized spacial score (nSPS) is 10.9. The van der Waals surface area contributed by atoms with Crippen molar-refractivity contribution in [1.29, 1.82) is 0 Å². The van der Waals surface area contributed by atoms with Crippen molar-refractivity contribution in [3.63, 3.8) is 0 Å². The van der Waals surface area contributed by atoms with Gasteiger partial charge in [-0.3, -0.25) is 4.79 Å². The molecule has 0 saturated carbocycles. The number of hydrogen-bond acceptors (Lipinski definition) is 4. The monoisotopic (exact) mass is 352 g/mol. The Kier molecular flexibility index (Phi) is 5.46. The molecule has 7 nitrogen and oxygen atoms in total. The van der Waals surface area contributed by atoms with Gasteiger partial charge in [-0.15, -0.1) is 10.2 Å². The number of aromatic nitrogens is 5. The molecule has 0 spiro atoms. The summed E-state index contributed by atoms with van der Waals surface area (Å²) in [6, 6.07) is 9.95. The van der Waals surface area contributed by atoms with Crippen LogP contribution in [0.15, 0.2) is 36.7 Å². The van der Waals surface area contributed by atoms with Crippen molar-refractivity contribution in [2.75, 3.05) is 6.54 Å². The van der Waals surface area contributed by atoms with Gasteiger partial charge in [0.2, 0.25) is 5.91 Å². The van der Waals surface area contributed by atoms with Crippen LogP contribution >= 0.6 is 0 Å². The maximum Gasteiger partial charge on any atom is 0.224 e. The fourth-order valence-corrected chi connectivity index (χ4v) is 3.02. The van der Waals surface area contributed by atoms with Gasteiger partial charge in [-0.25, -0.2) is 4.68 Å². The van der Waals surface area contributed by atoms with Crippen LogP contribution in [0.1, 0.15) is 29.7 Å². The molecule has 0 fully saturated rings. The van der Waals surface area contributed by atoms with E-state index >= 15 is 0 Å². The molecule has 0 radical (unpaired) electrons. The van der Waals surface area contributed by atoms with Crippen molar-refractivity contribution in [3.8, 4) is 5.69 Å². The summed E-state index contributed by atoms with van der Waals surface area (Å²) < 4.78 is 3.87. The Bertz CT molecular complexity index is 881. The number of para-hydroxylation sites is 1. The zero-order valence-electron chi connectivity index (χ0n) is 15.4. The first kappa shape index (κ1) is 17.8. The van der Waals surface area contributed by atoms with Crippen LogP contribution in [0.2, 0.25) is 0 Å². The molecule has 0 aliphatic rings. The lowest BCUT2D eigenvalue weighted by Crippen LogP contribution is -2.28. The van der Waals surface area contributed by atoms with Crippen LogP contribution in [0.25, 0.3) is 5.69 Å². The third-order valence-corrected chi connectivity index (χ3v) is 4.49. The molecule has 0 aliphatic heterocycles. The molecule has 0 unspecified atom stereocenters. The van der Waals surface area contributed by atoms with E-state index in [0.29, 0.717) is 19.4 Å². The smallest absolute Gasteiger partial charge is 0.224 e. The Morgan fingerprint density at radius 2 is 1.96 bits per heavy atom. The van der Waals surface area contributed by atoms with Crippen LogP contribution in [-0.4, -0.2) is 37.0 Å². The second kappa shape index (κ2) is 7.95. The molecule has 7 heteroatoms. The van der Waals surface area contributed by atoms with Gasteiger partial charge in [0.05, 0.1) is 17.8 Å². The first-order valence-corrected chi connectivity index (χ1v) is 8.84. The number of amides is 1. The van der Waals surface area contributed by atoms with Gasteiger partial charge < -0.3 is 9.88 Å². The van der Waals surface area contributed by atoms with E-state index in [1.807, 2.05) is 60.4 Å². The van der Waals surface area contributed by atoms with E-state index < -0.39 is 0 Å². The van der Waals surface area contributed by atoms with E-state index in [-0.39, 0.29) is 5.91 Å². The second-order valence-electron chi connectivity index (χ2n) is 6.21. The third-order valence-electron chi connectivity index (χ3n) is 4.49. The zero-order valence-corrected chi connectivity index (χ0v) is 15.4. The fraction of sp³-hybridized carbons (Fsp3) is 0.368. The van der Waals surface area contributed by atoms with Gasteiger partial charge in [-0.2, -0.15) is 5.10 Å². The molecule has 3 aromatic rings. The highest BCUT2D eigenvalue weighted by Crippen LogP contribution is 2.18. The molecule has 0 bridgehead atoms. The molecule has 3 rings (SSSR count). The summed E-state index contributed by atoms with van der Waals surface area (Å²) in [6.07, 6.45) is 2.70. The summed E-state index contributed by atoms with van der Waals surface area (Å²) in [7, 11) is 0. The minimum Gasteiger partial charge on any atom is -0.355 e.